The third-order valence-electron chi connectivity index (χ3n) is 5.42. The summed E-state index contributed by atoms with van der Waals surface area (Å²) in [5, 5.41) is 0. The Balaban J connectivity index is 1.36. The van der Waals surface area contributed by atoms with Crippen LogP contribution < -0.4 is 18.9 Å². The minimum atomic E-state index is -0.245. The van der Waals surface area contributed by atoms with E-state index in [2.05, 4.69) is 0 Å². The Morgan fingerprint density at radius 2 is 1.83 bits per heavy atom. The second kappa shape index (κ2) is 7.83. The average Bonchev–Trinajstić information content (AvgIpc) is 3.45. The maximum absolute atomic E-state index is 13.2. The molecule has 0 aliphatic carbocycles. The molecule has 1 fully saturated rings. The van der Waals surface area contributed by atoms with Crippen molar-refractivity contribution in [2.75, 3.05) is 33.2 Å². The van der Waals surface area contributed by atoms with E-state index in [1.807, 2.05) is 47.4 Å². The van der Waals surface area contributed by atoms with Crippen molar-refractivity contribution in [1.82, 2.24) is 4.90 Å². The number of ether oxygens (including phenoxy) is 5. The molecule has 7 nitrogen and oxygen atoms in total. The van der Waals surface area contributed by atoms with E-state index in [0.717, 1.165) is 17.7 Å². The summed E-state index contributed by atoms with van der Waals surface area (Å²) >= 11 is 0. The summed E-state index contributed by atoms with van der Waals surface area (Å²) in [5.41, 5.74) is 0.921. The van der Waals surface area contributed by atoms with Crippen LogP contribution in [0.1, 0.15) is 12.0 Å². The molecular formula is C22H23NO6. The van der Waals surface area contributed by atoms with Gasteiger partial charge >= 0.3 is 0 Å². The molecule has 0 radical (unpaired) electrons. The highest BCUT2D eigenvalue weighted by atomic mass is 16.7. The number of fused-ring (bicyclic) bond motifs is 2. The lowest BCUT2D eigenvalue weighted by atomic mass is 10.1. The minimum absolute atomic E-state index is 0.0708. The molecule has 1 saturated heterocycles. The van der Waals surface area contributed by atoms with E-state index in [1.165, 1.54) is 0 Å². The van der Waals surface area contributed by atoms with Gasteiger partial charge in [-0.3, -0.25) is 4.79 Å². The molecular weight excluding hydrogens is 374 g/mol. The van der Waals surface area contributed by atoms with Gasteiger partial charge in [0.1, 0.15) is 6.61 Å². The van der Waals surface area contributed by atoms with E-state index in [4.69, 9.17) is 23.7 Å². The Bertz CT molecular complexity index is 895. The van der Waals surface area contributed by atoms with Crippen molar-refractivity contribution in [3.05, 3.63) is 48.0 Å². The number of hydrogen-bond acceptors (Lipinski definition) is 6. The number of para-hydroxylation sites is 3. The molecule has 5 rings (SSSR count). The summed E-state index contributed by atoms with van der Waals surface area (Å²) < 4.78 is 28.5. The fourth-order valence-corrected chi connectivity index (χ4v) is 3.94. The molecule has 29 heavy (non-hydrogen) atoms. The minimum Gasteiger partial charge on any atom is -0.486 e. The van der Waals surface area contributed by atoms with Gasteiger partial charge < -0.3 is 28.6 Å². The Hall–Kier alpha value is -2.93. The number of benzene rings is 2. The maximum Gasteiger partial charge on any atom is 0.231 e. The largest absolute Gasteiger partial charge is 0.486 e. The second-order valence-electron chi connectivity index (χ2n) is 7.43. The lowest BCUT2D eigenvalue weighted by molar-refractivity contribution is -0.137. The molecule has 1 amide bonds. The number of carbonyl (C=O) groups excluding carboxylic acids is 1. The van der Waals surface area contributed by atoms with E-state index < -0.39 is 0 Å². The molecule has 3 aliphatic heterocycles. The quantitative estimate of drug-likeness (QED) is 0.773. The first-order valence-corrected chi connectivity index (χ1v) is 9.90. The van der Waals surface area contributed by atoms with E-state index in [0.29, 0.717) is 50.2 Å². The van der Waals surface area contributed by atoms with Crippen LogP contribution in [0, 0.1) is 5.92 Å². The van der Waals surface area contributed by atoms with Crippen LogP contribution in [0.25, 0.3) is 0 Å². The second-order valence-corrected chi connectivity index (χ2v) is 7.43. The third kappa shape index (κ3) is 3.70. The first kappa shape index (κ1) is 18.1. The first-order chi connectivity index (χ1) is 14.3. The number of carbonyl (C=O) groups is 1. The van der Waals surface area contributed by atoms with Gasteiger partial charge in [-0.1, -0.05) is 24.3 Å². The van der Waals surface area contributed by atoms with E-state index in [9.17, 15) is 4.79 Å². The van der Waals surface area contributed by atoms with Crippen molar-refractivity contribution < 1.29 is 28.5 Å². The third-order valence-corrected chi connectivity index (χ3v) is 5.42. The Morgan fingerprint density at radius 3 is 2.69 bits per heavy atom. The molecule has 2 aromatic carbocycles. The molecule has 152 valence electrons. The van der Waals surface area contributed by atoms with Gasteiger partial charge in [0.05, 0.1) is 19.1 Å². The Kier molecular flexibility index (Phi) is 4.89. The molecule has 0 spiro atoms. The predicted molar refractivity (Wildman–Crippen MR) is 103 cm³/mol. The number of nitrogens with zero attached hydrogens (tertiary/aromatic N) is 1. The van der Waals surface area contributed by atoms with Crippen LogP contribution in [0.2, 0.25) is 0 Å². The van der Waals surface area contributed by atoms with Crippen LogP contribution in [0.5, 0.6) is 23.0 Å². The summed E-state index contributed by atoms with van der Waals surface area (Å²) in [5.74, 6) is 2.81. The summed E-state index contributed by atoms with van der Waals surface area (Å²) in [6.07, 6.45) is 0.497. The van der Waals surface area contributed by atoms with Gasteiger partial charge in [-0.2, -0.15) is 0 Å². The highest BCUT2D eigenvalue weighted by Gasteiger charge is 2.32. The molecule has 0 saturated carbocycles. The lowest BCUT2D eigenvalue weighted by Gasteiger charge is -2.32. The number of hydrogen-bond donors (Lipinski definition) is 0. The highest BCUT2D eigenvalue weighted by molar-refractivity contribution is 5.79. The normalized spacial score (nSPS) is 21.8. The maximum atomic E-state index is 13.2. The first-order valence-electron chi connectivity index (χ1n) is 9.90. The van der Waals surface area contributed by atoms with E-state index in [-0.39, 0.29) is 24.7 Å². The molecule has 2 atom stereocenters. The van der Waals surface area contributed by atoms with Crippen LogP contribution >= 0.6 is 0 Å². The molecule has 7 heteroatoms. The summed E-state index contributed by atoms with van der Waals surface area (Å²) in [7, 11) is 0. The van der Waals surface area contributed by atoms with Gasteiger partial charge in [0, 0.05) is 18.7 Å². The summed E-state index contributed by atoms with van der Waals surface area (Å²) in [6.45, 7) is 2.53. The standard InChI is InChI=1S/C22H23NO6/c24-22(16-8-9-25-12-16)23(10-15-4-3-7-20-21(15)28-14-27-20)11-17-13-26-18-5-1-2-6-19(18)29-17/h1-7,16-17H,8-14H2/t16-,17-/m0/s1. The van der Waals surface area contributed by atoms with Crippen LogP contribution in [0.4, 0.5) is 0 Å². The summed E-state index contributed by atoms with van der Waals surface area (Å²) in [4.78, 5) is 15.1. The monoisotopic (exact) mass is 397 g/mol. The smallest absolute Gasteiger partial charge is 0.231 e. The SMILES string of the molecule is O=C([C@H]1CCOC1)N(Cc1cccc2c1OCO2)C[C@H]1COc2ccccc2O1. The van der Waals surface area contributed by atoms with Gasteiger partial charge in [-0.05, 0) is 24.6 Å². The van der Waals surface area contributed by atoms with Gasteiger partial charge in [-0.15, -0.1) is 0 Å². The lowest BCUT2D eigenvalue weighted by Crippen LogP contribution is -2.45. The predicted octanol–water partition coefficient (Wildman–Crippen LogP) is 2.62. The molecule has 0 N–H and O–H groups in total. The van der Waals surface area contributed by atoms with Crippen molar-refractivity contribution in [2.45, 2.75) is 19.1 Å². The van der Waals surface area contributed by atoms with Crippen LogP contribution in [-0.2, 0) is 16.1 Å². The highest BCUT2D eigenvalue weighted by Crippen LogP contribution is 2.37. The van der Waals surface area contributed by atoms with Crippen LogP contribution in [0.3, 0.4) is 0 Å². The van der Waals surface area contributed by atoms with Crippen molar-refractivity contribution in [3.63, 3.8) is 0 Å². The van der Waals surface area contributed by atoms with E-state index >= 15 is 0 Å². The summed E-state index contributed by atoms with van der Waals surface area (Å²) in [6, 6.07) is 13.3. The Labute approximate surface area is 169 Å². The molecule has 0 unspecified atom stereocenters. The molecule has 3 aliphatic rings. The molecule has 2 aromatic rings. The Morgan fingerprint density at radius 1 is 0.966 bits per heavy atom. The molecule has 0 aromatic heterocycles. The average molecular weight is 397 g/mol. The van der Waals surface area contributed by atoms with Crippen LogP contribution in [0.15, 0.2) is 42.5 Å². The molecule has 0 bridgehead atoms. The van der Waals surface area contributed by atoms with Crippen molar-refractivity contribution in [1.29, 1.82) is 0 Å². The van der Waals surface area contributed by atoms with Crippen molar-refractivity contribution in [3.8, 4) is 23.0 Å². The van der Waals surface area contributed by atoms with Crippen molar-refractivity contribution >= 4 is 5.91 Å². The van der Waals surface area contributed by atoms with Gasteiger partial charge in [0.15, 0.2) is 29.1 Å². The fraction of sp³-hybridized carbons (Fsp3) is 0.409. The zero-order valence-corrected chi connectivity index (χ0v) is 16.0. The number of amides is 1. The van der Waals surface area contributed by atoms with Gasteiger partial charge in [-0.25, -0.2) is 0 Å². The number of rotatable bonds is 5. The van der Waals surface area contributed by atoms with Gasteiger partial charge in [0.2, 0.25) is 12.7 Å². The topological polar surface area (TPSA) is 66.5 Å². The van der Waals surface area contributed by atoms with E-state index in [1.54, 1.807) is 0 Å². The molecule has 3 heterocycles. The van der Waals surface area contributed by atoms with Gasteiger partial charge in [0.25, 0.3) is 0 Å². The zero-order chi connectivity index (χ0) is 19.6. The zero-order valence-electron chi connectivity index (χ0n) is 16.0. The van der Waals surface area contributed by atoms with Crippen molar-refractivity contribution in [2.24, 2.45) is 5.92 Å². The fourth-order valence-electron chi connectivity index (χ4n) is 3.94. The van der Waals surface area contributed by atoms with Crippen LogP contribution in [-0.4, -0.2) is 50.1 Å².